The lowest BCUT2D eigenvalue weighted by Gasteiger charge is -2.37. The summed E-state index contributed by atoms with van der Waals surface area (Å²) in [5, 5.41) is 8.97. The zero-order valence-electron chi connectivity index (χ0n) is 16.6. The molecule has 0 N–H and O–H groups in total. The third-order valence-electron chi connectivity index (χ3n) is 5.11. The van der Waals surface area contributed by atoms with Crippen LogP contribution < -0.4 is 9.47 Å². The molecule has 0 saturated heterocycles. The smallest absolute Gasteiger partial charge is 0.307 e. The van der Waals surface area contributed by atoms with Crippen LogP contribution in [0.3, 0.4) is 0 Å². The Morgan fingerprint density at radius 2 is 1.76 bits per heavy atom. The Balaban J connectivity index is 2.02. The molecule has 2 aromatic rings. The van der Waals surface area contributed by atoms with Gasteiger partial charge in [-0.25, -0.2) is 0 Å². The van der Waals surface area contributed by atoms with Crippen LogP contribution in [0, 0.1) is 11.3 Å². The standard InChI is InChI=1S/C22H22N2O5/c1-27-19-10-16-8-9-24(22(26)15-6-4-14(13-23)5-7-15)18(12-21(25)29-3)17(16)11-20(19)28-2/h4-7,10-11,18H,8-9,12H2,1-3H3/t18-/m1/s1. The Bertz CT molecular complexity index is 962. The van der Waals surface area contributed by atoms with Gasteiger partial charge in [-0.1, -0.05) is 0 Å². The van der Waals surface area contributed by atoms with Crippen LogP contribution in [0.2, 0.25) is 0 Å². The van der Waals surface area contributed by atoms with Crippen molar-refractivity contribution in [2.45, 2.75) is 18.9 Å². The summed E-state index contributed by atoms with van der Waals surface area (Å²) in [5.74, 6) is 0.530. The summed E-state index contributed by atoms with van der Waals surface area (Å²) in [4.78, 5) is 27.0. The fraction of sp³-hybridized carbons (Fsp3) is 0.318. The number of fused-ring (bicyclic) bond motifs is 1. The van der Waals surface area contributed by atoms with E-state index < -0.39 is 12.0 Å². The third kappa shape index (κ3) is 4.02. The van der Waals surface area contributed by atoms with Gasteiger partial charge in [0.1, 0.15) is 0 Å². The molecule has 7 heteroatoms. The van der Waals surface area contributed by atoms with Crippen molar-refractivity contribution in [3.63, 3.8) is 0 Å². The minimum Gasteiger partial charge on any atom is -0.493 e. The topological polar surface area (TPSA) is 88.9 Å². The number of hydrogen-bond acceptors (Lipinski definition) is 6. The van der Waals surface area contributed by atoms with E-state index in [4.69, 9.17) is 19.5 Å². The Labute approximate surface area is 169 Å². The fourth-order valence-electron chi connectivity index (χ4n) is 3.59. The molecule has 0 spiro atoms. The van der Waals surface area contributed by atoms with Crippen LogP contribution in [0.15, 0.2) is 36.4 Å². The Kier molecular flexibility index (Phi) is 6.03. The van der Waals surface area contributed by atoms with Gasteiger partial charge >= 0.3 is 5.97 Å². The van der Waals surface area contributed by atoms with Crippen LogP contribution >= 0.6 is 0 Å². The van der Waals surface area contributed by atoms with Gasteiger partial charge < -0.3 is 19.1 Å². The average Bonchev–Trinajstić information content (AvgIpc) is 2.77. The van der Waals surface area contributed by atoms with Gasteiger partial charge in [0.05, 0.1) is 45.4 Å². The summed E-state index contributed by atoms with van der Waals surface area (Å²) in [6, 6.07) is 11.7. The molecule has 1 aliphatic heterocycles. The molecule has 0 saturated carbocycles. The molecule has 29 heavy (non-hydrogen) atoms. The molecule has 0 fully saturated rings. The highest BCUT2D eigenvalue weighted by molar-refractivity contribution is 5.95. The zero-order chi connectivity index (χ0) is 21.0. The highest BCUT2D eigenvalue weighted by atomic mass is 16.5. The summed E-state index contributed by atoms with van der Waals surface area (Å²) >= 11 is 0. The summed E-state index contributed by atoms with van der Waals surface area (Å²) in [7, 11) is 4.44. The zero-order valence-corrected chi connectivity index (χ0v) is 16.6. The Hall–Kier alpha value is -3.53. The van der Waals surface area contributed by atoms with Crippen LogP contribution in [0.25, 0.3) is 0 Å². The first kappa shape index (κ1) is 20.2. The van der Waals surface area contributed by atoms with Gasteiger partial charge in [-0.2, -0.15) is 5.26 Å². The molecule has 0 unspecified atom stereocenters. The van der Waals surface area contributed by atoms with Crippen molar-refractivity contribution in [1.29, 1.82) is 5.26 Å². The molecule has 1 amide bonds. The van der Waals surface area contributed by atoms with E-state index in [1.165, 1.54) is 7.11 Å². The van der Waals surface area contributed by atoms with Crippen LogP contribution in [-0.2, 0) is 16.0 Å². The predicted molar refractivity (Wildman–Crippen MR) is 105 cm³/mol. The molecule has 1 heterocycles. The third-order valence-corrected chi connectivity index (χ3v) is 5.11. The summed E-state index contributed by atoms with van der Waals surface area (Å²) in [5.41, 5.74) is 2.78. The van der Waals surface area contributed by atoms with Crippen LogP contribution in [0.1, 0.15) is 39.5 Å². The molecule has 3 rings (SSSR count). The molecule has 150 valence electrons. The SMILES string of the molecule is COC(=O)C[C@@H]1c2cc(OC)c(OC)cc2CCN1C(=O)c1ccc(C#N)cc1. The van der Waals surface area contributed by atoms with E-state index in [1.54, 1.807) is 43.4 Å². The number of carbonyl (C=O) groups excluding carboxylic acids is 2. The van der Waals surface area contributed by atoms with E-state index in [-0.39, 0.29) is 12.3 Å². The number of carbonyl (C=O) groups is 2. The van der Waals surface area contributed by atoms with Gasteiger partial charge in [0.2, 0.25) is 0 Å². The molecule has 0 bridgehead atoms. The lowest BCUT2D eigenvalue weighted by Crippen LogP contribution is -2.41. The first-order chi connectivity index (χ1) is 14.0. The van der Waals surface area contributed by atoms with Crippen LogP contribution in [-0.4, -0.2) is 44.7 Å². The number of rotatable bonds is 5. The minimum absolute atomic E-state index is 0.0288. The van der Waals surface area contributed by atoms with Crippen LogP contribution in [0.4, 0.5) is 0 Å². The molecule has 0 aromatic heterocycles. The maximum absolute atomic E-state index is 13.2. The monoisotopic (exact) mass is 394 g/mol. The second-order valence-electron chi connectivity index (χ2n) is 6.64. The fourth-order valence-corrected chi connectivity index (χ4v) is 3.59. The maximum atomic E-state index is 13.2. The molecular formula is C22H22N2O5. The average molecular weight is 394 g/mol. The van der Waals surface area contributed by atoms with Gasteiger partial charge in [0, 0.05) is 12.1 Å². The summed E-state index contributed by atoms with van der Waals surface area (Å²) < 4.78 is 15.7. The van der Waals surface area contributed by atoms with E-state index >= 15 is 0 Å². The van der Waals surface area contributed by atoms with E-state index in [9.17, 15) is 9.59 Å². The Morgan fingerprint density at radius 1 is 1.10 bits per heavy atom. The van der Waals surface area contributed by atoms with Crippen molar-refractivity contribution in [3.05, 3.63) is 58.7 Å². The largest absolute Gasteiger partial charge is 0.493 e. The lowest BCUT2D eigenvalue weighted by molar-refractivity contribution is -0.141. The number of nitriles is 1. The van der Waals surface area contributed by atoms with E-state index in [1.807, 2.05) is 18.2 Å². The summed E-state index contributed by atoms with van der Waals surface area (Å²) in [6.07, 6.45) is 0.649. The molecule has 0 aliphatic carbocycles. The highest BCUT2D eigenvalue weighted by Gasteiger charge is 2.34. The number of benzene rings is 2. The molecule has 1 atom stereocenters. The number of esters is 1. The Morgan fingerprint density at radius 3 is 2.34 bits per heavy atom. The lowest BCUT2D eigenvalue weighted by atomic mass is 9.89. The van der Waals surface area contributed by atoms with Gasteiger partial charge in [0.25, 0.3) is 5.91 Å². The van der Waals surface area contributed by atoms with Crippen molar-refractivity contribution in [3.8, 4) is 17.6 Å². The van der Waals surface area contributed by atoms with Gasteiger partial charge in [0.15, 0.2) is 11.5 Å². The maximum Gasteiger partial charge on any atom is 0.307 e. The summed E-state index contributed by atoms with van der Waals surface area (Å²) in [6.45, 7) is 0.447. The molecule has 0 radical (unpaired) electrons. The van der Waals surface area contributed by atoms with Gasteiger partial charge in [-0.3, -0.25) is 9.59 Å². The molecular weight excluding hydrogens is 372 g/mol. The number of methoxy groups -OCH3 is 3. The van der Waals surface area contributed by atoms with Crippen LogP contribution in [0.5, 0.6) is 11.5 Å². The molecule has 1 aliphatic rings. The first-order valence-corrected chi connectivity index (χ1v) is 9.15. The van der Waals surface area contributed by atoms with E-state index in [0.29, 0.717) is 35.6 Å². The molecule has 7 nitrogen and oxygen atoms in total. The highest BCUT2D eigenvalue weighted by Crippen LogP contribution is 2.40. The molecule has 2 aromatic carbocycles. The van der Waals surface area contributed by atoms with Crippen molar-refractivity contribution in [2.24, 2.45) is 0 Å². The predicted octanol–water partition coefficient (Wildman–Crippen LogP) is 2.88. The first-order valence-electron chi connectivity index (χ1n) is 9.15. The van der Waals surface area contributed by atoms with Crippen molar-refractivity contribution >= 4 is 11.9 Å². The van der Waals surface area contributed by atoms with E-state index in [0.717, 1.165) is 11.1 Å². The van der Waals surface area contributed by atoms with Gasteiger partial charge in [-0.05, 0) is 53.9 Å². The van der Waals surface area contributed by atoms with Crippen molar-refractivity contribution in [1.82, 2.24) is 4.90 Å². The van der Waals surface area contributed by atoms with Gasteiger partial charge in [-0.15, -0.1) is 0 Å². The quantitative estimate of drug-likeness (QED) is 0.725. The number of ether oxygens (including phenoxy) is 3. The second-order valence-corrected chi connectivity index (χ2v) is 6.64. The van der Waals surface area contributed by atoms with Crippen molar-refractivity contribution < 1.29 is 23.8 Å². The normalized spacial score (nSPS) is 15.1. The number of nitrogens with zero attached hydrogens (tertiary/aromatic N) is 2. The van der Waals surface area contributed by atoms with Crippen molar-refractivity contribution in [2.75, 3.05) is 27.9 Å². The minimum atomic E-state index is -0.492. The van der Waals surface area contributed by atoms with E-state index in [2.05, 4.69) is 0 Å². The number of hydrogen-bond donors (Lipinski definition) is 0. The number of amides is 1. The second kappa shape index (κ2) is 8.65.